The first-order valence-electron chi connectivity index (χ1n) is 11.4. The van der Waals surface area contributed by atoms with Gasteiger partial charge in [-0.15, -0.1) is 0 Å². The Hall–Kier alpha value is -3.63. The third-order valence-electron chi connectivity index (χ3n) is 6.21. The van der Waals surface area contributed by atoms with Crippen LogP contribution in [0.4, 0.5) is 0 Å². The number of carbonyl (C=O) groups is 2. The third-order valence-corrected chi connectivity index (χ3v) is 7.42. The van der Waals surface area contributed by atoms with Gasteiger partial charge in [-0.05, 0) is 46.4 Å². The van der Waals surface area contributed by atoms with Gasteiger partial charge in [-0.3, -0.25) is 9.59 Å². The molecule has 0 heterocycles. The van der Waals surface area contributed by atoms with E-state index < -0.39 is 0 Å². The zero-order chi connectivity index (χ0) is 23.3. The van der Waals surface area contributed by atoms with E-state index in [4.69, 9.17) is 4.74 Å². The van der Waals surface area contributed by atoms with Crippen LogP contribution >= 0.6 is 11.8 Å². The monoisotopic (exact) mass is 464 g/mol. The molecule has 4 aromatic carbocycles. The van der Waals surface area contributed by atoms with Crippen molar-refractivity contribution in [3.8, 4) is 11.1 Å². The molecule has 0 saturated carbocycles. The molecule has 3 nitrogen and oxygen atoms in total. The molecule has 1 aliphatic carbocycles. The van der Waals surface area contributed by atoms with E-state index in [0.29, 0.717) is 25.0 Å². The van der Waals surface area contributed by atoms with Crippen LogP contribution < -0.4 is 0 Å². The Kier molecular flexibility index (Phi) is 6.59. The molecule has 1 aliphatic rings. The molecule has 0 atom stereocenters. The Morgan fingerprint density at radius 3 is 2.06 bits per heavy atom. The summed E-state index contributed by atoms with van der Waals surface area (Å²) in [5.74, 6) is -0.131. The molecule has 0 spiro atoms. The number of fused-ring (bicyclic) bond motifs is 3. The van der Waals surface area contributed by atoms with Gasteiger partial charge in [0.25, 0.3) is 0 Å². The minimum Gasteiger partial charge on any atom is -0.465 e. The van der Waals surface area contributed by atoms with Crippen LogP contribution in [0.3, 0.4) is 0 Å². The smallest absolute Gasteiger partial charge is 0.306 e. The van der Waals surface area contributed by atoms with E-state index in [2.05, 4.69) is 24.3 Å². The lowest BCUT2D eigenvalue weighted by Gasteiger charge is -2.14. The summed E-state index contributed by atoms with van der Waals surface area (Å²) < 4.78 is 5.76. The van der Waals surface area contributed by atoms with Crippen molar-refractivity contribution in [1.82, 2.24) is 0 Å². The molecule has 168 valence electrons. The zero-order valence-electron chi connectivity index (χ0n) is 18.6. The molecule has 0 unspecified atom stereocenters. The zero-order valence-corrected chi connectivity index (χ0v) is 19.5. The number of rotatable bonds is 8. The SMILES string of the molecule is O=Cc1ccccc1Sc1ccccc1CCC(=O)OCC1c2ccccc2-c2ccccc21. The Bertz CT molecular complexity index is 1300. The highest BCUT2D eigenvalue weighted by molar-refractivity contribution is 7.99. The number of aldehydes is 1. The van der Waals surface area contributed by atoms with Crippen LogP contribution in [0, 0.1) is 0 Å². The summed E-state index contributed by atoms with van der Waals surface area (Å²) in [4.78, 5) is 26.0. The van der Waals surface area contributed by atoms with E-state index in [1.54, 1.807) is 11.8 Å². The Labute approximate surface area is 203 Å². The minimum atomic E-state index is -0.199. The second-order valence-electron chi connectivity index (χ2n) is 8.28. The molecule has 0 bridgehead atoms. The molecule has 0 N–H and O–H groups in total. The van der Waals surface area contributed by atoms with Crippen LogP contribution in [0.5, 0.6) is 0 Å². The number of benzene rings is 4. The van der Waals surface area contributed by atoms with Crippen molar-refractivity contribution >= 4 is 24.0 Å². The quantitative estimate of drug-likeness (QED) is 0.209. The summed E-state index contributed by atoms with van der Waals surface area (Å²) in [6.45, 7) is 0.343. The number of aryl methyl sites for hydroxylation is 1. The van der Waals surface area contributed by atoms with Crippen molar-refractivity contribution < 1.29 is 14.3 Å². The van der Waals surface area contributed by atoms with E-state index >= 15 is 0 Å². The van der Waals surface area contributed by atoms with E-state index in [0.717, 1.165) is 21.6 Å². The van der Waals surface area contributed by atoms with Crippen LogP contribution in [-0.4, -0.2) is 18.9 Å². The molecule has 5 rings (SSSR count). The molecule has 4 aromatic rings. The first kappa shape index (κ1) is 22.2. The Balaban J connectivity index is 1.24. The molecule has 0 fully saturated rings. The maximum atomic E-state index is 12.7. The molecular weight excluding hydrogens is 440 g/mol. The molecule has 0 saturated heterocycles. The summed E-state index contributed by atoms with van der Waals surface area (Å²) in [6.07, 6.45) is 1.77. The van der Waals surface area contributed by atoms with Crippen molar-refractivity contribution in [1.29, 1.82) is 0 Å². The molecule has 0 aromatic heterocycles. The number of hydrogen-bond donors (Lipinski definition) is 0. The van der Waals surface area contributed by atoms with Gasteiger partial charge in [0.1, 0.15) is 6.61 Å². The molecule has 0 radical (unpaired) electrons. The first-order valence-corrected chi connectivity index (χ1v) is 12.2. The fourth-order valence-corrected chi connectivity index (χ4v) is 5.59. The standard InChI is InChI=1S/C30H24O3S/c31-19-22-10-2-8-16-29(22)34-28-15-7-1-9-21(28)17-18-30(32)33-20-27-25-13-5-3-11-23(25)24-12-4-6-14-26(24)27/h1-16,19,27H,17-18,20H2. The van der Waals surface area contributed by atoms with Gasteiger partial charge in [0.05, 0.1) is 0 Å². The van der Waals surface area contributed by atoms with Crippen molar-refractivity contribution in [3.05, 3.63) is 119 Å². The van der Waals surface area contributed by atoms with Gasteiger partial charge in [0.2, 0.25) is 0 Å². The van der Waals surface area contributed by atoms with E-state index in [1.165, 1.54) is 22.3 Å². The minimum absolute atomic E-state index is 0.0686. The van der Waals surface area contributed by atoms with Crippen molar-refractivity contribution in [2.24, 2.45) is 0 Å². The van der Waals surface area contributed by atoms with E-state index in [-0.39, 0.29) is 11.9 Å². The van der Waals surface area contributed by atoms with Crippen LogP contribution in [0.2, 0.25) is 0 Å². The van der Waals surface area contributed by atoms with Crippen molar-refractivity contribution in [2.45, 2.75) is 28.6 Å². The predicted octanol–water partition coefficient (Wildman–Crippen LogP) is 6.94. The highest BCUT2D eigenvalue weighted by atomic mass is 32.2. The molecule has 34 heavy (non-hydrogen) atoms. The van der Waals surface area contributed by atoms with Crippen LogP contribution in [0.1, 0.15) is 39.4 Å². The summed E-state index contributed by atoms with van der Waals surface area (Å²) in [7, 11) is 0. The second kappa shape index (κ2) is 10.1. The molecule has 0 amide bonds. The van der Waals surface area contributed by atoms with Crippen LogP contribution in [-0.2, 0) is 16.0 Å². The van der Waals surface area contributed by atoms with Crippen molar-refractivity contribution in [3.63, 3.8) is 0 Å². The summed E-state index contributed by atoms with van der Waals surface area (Å²) in [6, 6.07) is 32.2. The number of ether oxygens (including phenoxy) is 1. The first-order chi connectivity index (χ1) is 16.7. The summed E-state index contributed by atoms with van der Waals surface area (Å²) in [5, 5.41) is 0. The van der Waals surface area contributed by atoms with Crippen LogP contribution in [0.15, 0.2) is 107 Å². The van der Waals surface area contributed by atoms with Gasteiger partial charge in [0.15, 0.2) is 6.29 Å². The maximum Gasteiger partial charge on any atom is 0.306 e. The normalized spacial score (nSPS) is 12.1. The Morgan fingerprint density at radius 2 is 1.35 bits per heavy atom. The van der Waals surface area contributed by atoms with Crippen molar-refractivity contribution in [2.75, 3.05) is 6.61 Å². The topological polar surface area (TPSA) is 43.4 Å². The number of hydrogen-bond acceptors (Lipinski definition) is 4. The second-order valence-corrected chi connectivity index (χ2v) is 9.36. The number of esters is 1. The lowest BCUT2D eigenvalue weighted by molar-refractivity contribution is -0.143. The average Bonchev–Trinajstić information content (AvgIpc) is 3.21. The fraction of sp³-hybridized carbons (Fsp3) is 0.133. The molecule has 0 aliphatic heterocycles. The van der Waals surface area contributed by atoms with Crippen LogP contribution in [0.25, 0.3) is 11.1 Å². The summed E-state index contributed by atoms with van der Waals surface area (Å²) in [5.41, 5.74) is 6.61. The lowest BCUT2D eigenvalue weighted by atomic mass is 9.98. The average molecular weight is 465 g/mol. The fourth-order valence-electron chi connectivity index (χ4n) is 4.52. The molecular formula is C30H24O3S. The van der Waals surface area contributed by atoms with Gasteiger partial charge in [-0.25, -0.2) is 0 Å². The van der Waals surface area contributed by atoms with Gasteiger partial charge in [-0.1, -0.05) is 96.7 Å². The van der Waals surface area contributed by atoms with Gasteiger partial charge >= 0.3 is 5.97 Å². The highest BCUT2D eigenvalue weighted by Crippen LogP contribution is 2.44. The highest BCUT2D eigenvalue weighted by Gasteiger charge is 2.28. The maximum absolute atomic E-state index is 12.7. The van der Waals surface area contributed by atoms with Gasteiger partial charge in [-0.2, -0.15) is 0 Å². The third kappa shape index (κ3) is 4.55. The predicted molar refractivity (Wildman–Crippen MR) is 135 cm³/mol. The van der Waals surface area contributed by atoms with Gasteiger partial charge < -0.3 is 4.74 Å². The molecule has 4 heteroatoms. The lowest BCUT2D eigenvalue weighted by Crippen LogP contribution is -2.13. The van der Waals surface area contributed by atoms with Gasteiger partial charge in [0, 0.05) is 27.7 Å². The Morgan fingerprint density at radius 1 is 0.765 bits per heavy atom. The summed E-state index contributed by atoms with van der Waals surface area (Å²) >= 11 is 1.55. The largest absolute Gasteiger partial charge is 0.465 e. The van der Waals surface area contributed by atoms with E-state index in [9.17, 15) is 9.59 Å². The number of carbonyl (C=O) groups excluding carboxylic acids is 2. The van der Waals surface area contributed by atoms with E-state index in [1.807, 2.05) is 72.8 Å².